The molecule has 0 aromatic heterocycles. The van der Waals surface area contributed by atoms with E-state index in [0.717, 1.165) is 4.47 Å². The fourth-order valence-electron chi connectivity index (χ4n) is 0.789. The van der Waals surface area contributed by atoms with Crippen molar-refractivity contribution in [1.29, 1.82) is 0 Å². The highest BCUT2D eigenvalue weighted by Gasteiger charge is 2.01. The second-order valence-corrected chi connectivity index (χ2v) is 3.25. The van der Waals surface area contributed by atoms with E-state index in [-0.39, 0.29) is 5.91 Å². The first-order valence-electron chi connectivity index (χ1n) is 3.77. The maximum atomic E-state index is 11.3. The summed E-state index contributed by atoms with van der Waals surface area (Å²) in [4.78, 5) is 11.3. The summed E-state index contributed by atoms with van der Waals surface area (Å²) < 4.78 is 0.947. The lowest BCUT2D eigenvalue weighted by atomic mass is 10.2. The summed E-state index contributed by atoms with van der Waals surface area (Å²) in [7, 11) is 0. The van der Waals surface area contributed by atoms with Gasteiger partial charge in [0, 0.05) is 16.3 Å². The van der Waals surface area contributed by atoms with Crippen LogP contribution in [0.3, 0.4) is 0 Å². The summed E-state index contributed by atoms with van der Waals surface area (Å²) in [5, 5.41) is 3.63. The summed E-state index contributed by atoms with van der Waals surface area (Å²) in [6.07, 6.45) is 1.52. The van der Waals surface area contributed by atoms with Crippen LogP contribution in [-0.2, 0) is 0 Å². The minimum Gasteiger partial charge on any atom is -0.267 e. The molecule has 0 aliphatic heterocycles. The van der Waals surface area contributed by atoms with Crippen molar-refractivity contribution in [2.45, 2.75) is 6.92 Å². The summed E-state index contributed by atoms with van der Waals surface area (Å²) in [5.74, 6) is -0.203. The monoisotopic (exact) mass is 240 g/mol. The van der Waals surface area contributed by atoms with E-state index < -0.39 is 0 Å². The Balaban J connectivity index is 2.72. The van der Waals surface area contributed by atoms with E-state index >= 15 is 0 Å². The average Bonchev–Trinajstić information content (AvgIpc) is 2.15. The number of hydrogen-bond acceptors (Lipinski definition) is 2. The molecule has 0 atom stereocenters. The van der Waals surface area contributed by atoms with E-state index in [9.17, 15) is 4.79 Å². The third-order valence-corrected chi connectivity index (χ3v) is 1.93. The summed E-state index contributed by atoms with van der Waals surface area (Å²) in [6.45, 7) is 1.74. The van der Waals surface area contributed by atoms with E-state index in [1.165, 1.54) is 6.21 Å². The van der Waals surface area contributed by atoms with Gasteiger partial charge in [-0.2, -0.15) is 5.10 Å². The minimum absolute atomic E-state index is 0.203. The zero-order chi connectivity index (χ0) is 9.68. The highest BCUT2D eigenvalue weighted by atomic mass is 79.9. The van der Waals surface area contributed by atoms with Crippen molar-refractivity contribution < 1.29 is 4.79 Å². The SMILES string of the molecule is C/C=N\NC(=O)c1ccc(Br)cc1. The van der Waals surface area contributed by atoms with Crippen LogP contribution < -0.4 is 5.43 Å². The van der Waals surface area contributed by atoms with Gasteiger partial charge in [0.2, 0.25) is 0 Å². The highest BCUT2D eigenvalue weighted by molar-refractivity contribution is 9.10. The van der Waals surface area contributed by atoms with E-state index in [2.05, 4.69) is 26.5 Å². The second-order valence-electron chi connectivity index (χ2n) is 2.34. The Morgan fingerprint density at radius 1 is 1.46 bits per heavy atom. The van der Waals surface area contributed by atoms with Gasteiger partial charge in [-0.05, 0) is 31.2 Å². The Morgan fingerprint density at radius 3 is 2.62 bits per heavy atom. The number of nitrogens with zero attached hydrogens (tertiary/aromatic N) is 1. The molecule has 0 saturated heterocycles. The molecular formula is C9H9BrN2O. The fraction of sp³-hybridized carbons (Fsp3) is 0.111. The molecular weight excluding hydrogens is 232 g/mol. The van der Waals surface area contributed by atoms with Crippen LogP contribution in [0, 0.1) is 0 Å². The highest BCUT2D eigenvalue weighted by Crippen LogP contribution is 2.10. The van der Waals surface area contributed by atoms with Crippen molar-refractivity contribution >= 4 is 28.1 Å². The predicted molar refractivity (Wildman–Crippen MR) is 55.8 cm³/mol. The molecule has 0 radical (unpaired) electrons. The zero-order valence-electron chi connectivity index (χ0n) is 7.12. The molecule has 0 aliphatic rings. The van der Waals surface area contributed by atoms with Gasteiger partial charge in [0.05, 0.1) is 0 Å². The molecule has 68 valence electrons. The number of benzene rings is 1. The molecule has 1 aromatic rings. The fourth-order valence-corrected chi connectivity index (χ4v) is 1.05. The number of carbonyl (C=O) groups is 1. The molecule has 0 bridgehead atoms. The summed E-state index contributed by atoms with van der Waals surface area (Å²) in [6, 6.07) is 7.07. The Morgan fingerprint density at radius 2 is 2.08 bits per heavy atom. The predicted octanol–water partition coefficient (Wildman–Crippen LogP) is 2.18. The Kier molecular flexibility index (Phi) is 3.64. The molecule has 1 N–H and O–H groups in total. The number of amides is 1. The average molecular weight is 241 g/mol. The van der Waals surface area contributed by atoms with Crippen LogP contribution >= 0.6 is 15.9 Å². The van der Waals surface area contributed by atoms with Gasteiger partial charge in [0.1, 0.15) is 0 Å². The first-order chi connectivity index (χ1) is 6.24. The molecule has 3 nitrogen and oxygen atoms in total. The van der Waals surface area contributed by atoms with Crippen molar-refractivity contribution in [3.05, 3.63) is 34.3 Å². The van der Waals surface area contributed by atoms with Gasteiger partial charge >= 0.3 is 0 Å². The lowest BCUT2D eigenvalue weighted by molar-refractivity contribution is 0.0955. The normalized spacial score (nSPS) is 10.3. The number of hydrazone groups is 1. The number of hydrogen-bond donors (Lipinski definition) is 1. The van der Waals surface area contributed by atoms with E-state index in [1.54, 1.807) is 19.1 Å². The van der Waals surface area contributed by atoms with Crippen LogP contribution in [0.4, 0.5) is 0 Å². The summed E-state index contributed by atoms with van der Waals surface area (Å²) >= 11 is 3.29. The van der Waals surface area contributed by atoms with Crippen LogP contribution in [0.2, 0.25) is 0 Å². The molecule has 0 saturated carbocycles. The molecule has 1 amide bonds. The smallest absolute Gasteiger partial charge is 0.267 e. The van der Waals surface area contributed by atoms with Crippen LogP contribution in [0.1, 0.15) is 17.3 Å². The number of rotatable bonds is 2. The molecule has 0 heterocycles. The van der Waals surface area contributed by atoms with Gasteiger partial charge in [-0.25, -0.2) is 5.43 Å². The standard InChI is InChI=1S/C9H9BrN2O/c1-2-11-12-9(13)7-3-5-8(10)6-4-7/h2-6H,1H3,(H,12,13)/b11-2-. The molecule has 0 spiro atoms. The minimum atomic E-state index is -0.203. The summed E-state index contributed by atoms with van der Waals surface area (Å²) in [5.41, 5.74) is 2.97. The van der Waals surface area contributed by atoms with Crippen molar-refractivity contribution in [1.82, 2.24) is 5.43 Å². The van der Waals surface area contributed by atoms with Crippen LogP contribution in [0.15, 0.2) is 33.8 Å². The third-order valence-electron chi connectivity index (χ3n) is 1.40. The van der Waals surface area contributed by atoms with Crippen molar-refractivity contribution in [2.75, 3.05) is 0 Å². The second kappa shape index (κ2) is 4.77. The molecule has 13 heavy (non-hydrogen) atoms. The zero-order valence-corrected chi connectivity index (χ0v) is 8.71. The van der Waals surface area contributed by atoms with Gasteiger partial charge in [0.25, 0.3) is 5.91 Å². The van der Waals surface area contributed by atoms with E-state index in [0.29, 0.717) is 5.56 Å². The number of nitrogens with one attached hydrogen (secondary N) is 1. The van der Waals surface area contributed by atoms with Crippen molar-refractivity contribution in [2.24, 2.45) is 5.10 Å². The largest absolute Gasteiger partial charge is 0.271 e. The van der Waals surface area contributed by atoms with Gasteiger partial charge in [-0.15, -0.1) is 0 Å². The first-order valence-corrected chi connectivity index (χ1v) is 4.57. The maximum absolute atomic E-state index is 11.3. The lowest BCUT2D eigenvalue weighted by Crippen LogP contribution is -2.16. The molecule has 4 heteroatoms. The van der Waals surface area contributed by atoms with E-state index in [1.807, 2.05) is 12.1 Å². The van der Waals surface area contributed by atoms with Crippen LogP contribution in [0.25, 0.3) is 0 Å². The Labute approximate surface area is 85.0 Å². The lowest BCUT2D eigenvalue weighted by Gasteiger charge is -1.98. The van der Waals surface area contributed by atoms with Gasteiger partial charge < -0.3 is 0 Å². The first kappa shape index (κ1) is 9.92. The third kappa shape index (κ3) is 2.99. The van der Waals surface area contributed by atoms with Crippen molar-refractivity contribution in [3.8, 4) is 0 Å². The Hall–Kier alpha value is -1.16. The quantitative estimate of drug-likeness (QED) is 0.625. The van der Waals surface area contributed by atoms with Crippen LogP contribution in [0.5, 0.6) is 0 Å². The molecule has 1 aromatic carbocycles. The van der Waals surface area contributed by atoms with Crippen LogP contribution in [-0.4, -0.2) is 12.1 Å². The number of carbonyl (C=O) groups excluding carboxylic acids is 1. The topological polar surface area (TPSA) is 41.5 Å². The molecule has 0 aliphatic carbocycles. The number of halogens is 1. The molecule has 1 rings (SSSR count). The van der Waals surface area contributed by atoms with Gasteiger partial charge in [0.15, 0.2) is 0 Å². The van der Waals surface area contributed by atoms with Gasteiger partial charge in [-0.1, -0.05) is 15.9 Å². The van der Waals surface area contributed by atoms with E-state index in [4.69, 9.17) is 0 Å². The Bertz CT molecular complexity index is 319. The van der Waals surface area contributed by atoms with Crippen molar-refractivity contribution in [3.63, 3.8) is 0 Å². The van der Waals surface area contributed by atoms with Gasteiger partial charge in [-0.3, -0.25) is 4.79 Å². The molecule has 0 unspecified atom stereocenters. The maximum Gasteiger partial charge on any atom is 0.271 e. The molecule has 0 fully saturated rings.